The highest BCUT2D eigenvalue weighted by Gasteiger charge is 2.27. The first-order valence-corrected chi connectivity index (χ1v) is 8.45. The molecule has 4 heteroatoms. The molecule has 2 heterocycles. The van der Waals surface area contributed by atoms with Crippen LogP contribution in [0.2, 0.25) is 0 Å². The van der Waals surface area contributed by atoms with Crippen LogP contribution in [0.3, 0.4) is 0 Å². The first kappa shape index (κ1) is 15.1. The summed E-state index contributed by atoms with van der Waals surface area (Å²) in [5.41, 5.74) is 4.94. The van der Waals surface area contributed by atoms with Gasteiger partial charge in [-0.05, 0) is 43.2 Å². The molecule has 0 bridgehead atoms. The molecule has 4 rings (SSSR count). The summed E-state index contributed by atoms with van der Waals surface area (Å²) in [4.78, 5) is 3.61. The number of para-hydroxylation sites is 1. The first-order chi connectivity index (χ1) is 11.8. The third-order valence-electron chi connectivity index (χ3n) is 4.69. The standard InChI is InChI=1S/C20H22N2O2/c1-3-24-18-7-5-4-6-15(18)19-20-14(10-11-21-19)16-12-13(23-2)8-9-17(16)22-20/h4-9,12,19,21-22H,3,10-11H2,1-2H3. The molecule has 2 N–H and O–H groups in total. The van der Waals surface area contributed by atoms with Crippen molar-refractivity contribution in [3.05, 3.63) is 59.3 Å². The minimum Gasteiger partial charge on any atom is -0.497 e. The van der Waals surface area contributed by atoms with Gasteiger partial charge in [0.1, 0.15) is 11.5 Å². The number of benzene rings is 2. The number of H-pyrrole nitrogens is 1. The van der Waals surface area contributed by atoms with Gasteiger partial charge in [-0.2, -0.15) is 0 Å². The van der Waals surface area contributed by atoms with Crippen LogP contribution in [-0.2, 0) is 6.42 Å². The fraction of sp³-hybridized carbons (Fsp3) is 0.300. The maximum atomic E-state index is 5.84. The van der Waals surface area contributed by atoms with E-state index in [0.29, 0.717) is 6.61 Å². The van der Waals surface area contributed by atoms with E-state index in [1.807, 2.05) is 25.1 Å². The molecule has 0 amide bonds. The van der Waals surface area contributed by atoms with Gasteiger partial charge in [-0.1, -0.05) is 18.2 Å². The molecule has 1 unspecified atom stereocenters. The van der Waals surface area contributed by atoms with Gasteiger partial charge in [-0.15, -0.1) is 0 Å². The number of ether oxygens (including phenoxy) is 2. The van der Waals surface area contributed by atoms with Crippen LogP contribution in [0.25, 0.3) is 10.9 Å². The SMILES string of the molecule is CCOc1ccccc1C1NCCc2c1[nH]c1ccc(OC)cc21. The maximum Gasteiger partial charge on any atom is 0.124 e. The predicted molar refractivity (Wildman–Crippen MR) is 96.0 cm³/mol. The number of hydrogen-bond acceptors (Lipinski definition) is 3. The molecule has 3 aromatic rings. The molecule has 1 aliphatic heterocycles. The van der Waals surface area contributed by atoms with Crippen molar-refractivity contribution in [2.75, 3.05) is 20.3 Å². The van der Waals surface area contributed by atoms with E-state index in [1.165, 1.54) is 22.2 Å². The zero-order valence-electron chi connectivity index (χ0n) is 14.1. The summed E-state index contributed by atoms with van der Waals surface area (Å²) in [6.45, 7) is 3.63. The van der Waals surface area contributed by atoms with E-state index in [1.54, 1.807) is 7.11 Å². The van der Waals surface area contributed by atoms with E-state index in [2.05, 4.69) is 34.6 Å². The number of hydrogen-bond donors (Lipinski definition) is 2. The summed E-state index contributed by atoms with van der Waals surface area (Å²) in [5, 5.41) is 4.89. The minimum absolute atomic E-state index is 0.120. The molecule has 0 saturated carbocycles. The van der Waals surface area contributed by atoms with Crippen molar-refractivity contribution in [2.45, 2.75) is 19.4 Å². The Hall–Kier alpha value is -2.46. The number of fused-ring (bicyclic) bond motifs is 3. The number of nitrogens with one attached hydrogen (secondary N) is 2. The van der Waals surface area contributed by atoms with E-state index in [0.717, 1.165) is 30.0 Å². The van der Waals surface area contributed by atoms with Gasteiger partial charge < -0.3 is 19.8 Å². The maximum absolute atomic E-state index is 5.84. The van der Waals surface area contributed by atoms with Crippen molar-refractivity contribution in [3.63, 3.8) is 0 Å². The van der Waals surface area contributed by atoms with Crippen molar-refractivity contribution in [3.8, 4) is 11.5 Å². The number of aromatic amines is 1. The van der Waals surface area contributed by atoms with E-state index < -0.39 is 0 Å². The lowest BCUT2D eigenvalue weighted by Crippen LogP contribution is -2.30. The summed E-state index contributed by atoms with van der Waals surface area (Å²) in [7, 11) is 1.71. The summed E-state index contributed by atoms with van der Waals surface area (Å²) in [5.74, 6) is 1.84. The van der Waals surface area contributed by atoms with Gasteiger partial charge >= 0.3 is 0 Å². The molecule has 1 aromatic heterocycles. The fourth-order valence-electron chi connectivity index (χ4n) is 3.61. The Labute approximate surface area is 141 Å². The Bertz CT molecular complexity index is 869. The average molecular weight is 322 g/mol. The molecule has 1 atom stereocenters. The summed E-state index contributed by atoms with van der Waals surface area (Å²) in [6.07, 6.45) is 1.01. The van der Waals surface area contributed by atoms with Gasteiger partial charge in [0.05, 0.1) is 19.8 Å². The molecule has 0 aliphatic carbocycles. The Kier molecular flexibility index (Phi) is 3.90. The molecule has 0 spiro atoms. The molecule has 2 aromatic carbocycles. The van der Waals surface area contributed by atoms with E-state index in [-0.39, 0.29) is 6.04 Å². The third-order valence-corrected chi connectivity index (χ3v) is 4.69. The molecular weight excluding hydrogens is 300 g/mol. The Balaban J connectivity index is 1.85. The van der Waals surface area contributed by atoms with Crippen molar-refractivity contribution < 1.29 is 9.47 Å². The van der Waals surface area contributed by atoms with E-state index in [4.69, 9.17) is 9.47 Å². The number of rotatable bonds is 4. The van der Waals surface area contributed by atoms with Crippen molar-refractivity contribution in [1.29, 1.82) is 0 Å². The van der Waals surface area contributed by atoms with Crippen molar-refractivity contribution in [1.82, 2.24) is 10.3 Å². The lowest BCUT2D eigenvalue weighted by molar-refractivity contribution is 0.332. The Morgan fingerprint density at radius 2 is 2.04 bits per heavy atom. The Morgan fingerprint density at radius 1 is 1.17 bits per heavy atom. The zero-order chi connectivity index (χ0) is 16.5. The largest absolute Gasteiger partial charge is 0.497 e. The van der Waals surface area contributed by atoms with Gasteiger partial charge in [0.25, 0.3) is 0 Å². The van der Waals surface area contributed by atoms with E-state index >= 15 is 0 Å². The van der Waals surface area contributed by atoms with E-state index in [9.17, 15) is 0 Å². The highest BCUT2D eigenvalue weighted by molar-refractivity contribution is 5.86. The minimum atomic E-state index is 0.120. The molecular formula is C20H22N2O2. The van der Waals surface area contributed by atoms with Crippen LogP contribution in [0, 0.1) is 0 Å². The fourth-order valence-corrected chi connectivity index (χ4v) is 3.61. The van der Waals surface area contributed by atoms with Crippen LogP contribution in [0.5, 0.6) is 11.5 Å². The lowest BCUT2D eigenvalue weighted by Gasteiger charge is -2.26. The summed E-state index contributed by atoms with van der Waals surface area (Å²) >= 11 is 0. The topological polar surface area (TPSA) is 46.3 Å². The molecule has 24 heavy (non-hydrogen) atoms. The smallest absolute Gasteiger partial charge is 0.124 e. The number of methoxy groups -OCH3 is 1. The monoisotopic (exact) mass is 322 g/mol. The highest BCUT2D eigenvalue weighted by Crippen LogP contribution is 2.37. The first-order valence-electron chi connectivity index (χ1n) is 8.45. The quantitative estimate of drug-likeness (QED) is 0.768. The third kappa shape index (κ3) is 2.43. The molecule has 124 valence electrons. The molecule has 0 radical (unpaired) electrons. The van der Waals surface area contributed by atoms with Crippen LogP contribution >= 0.6 is 0 Å². The van der Waals surface area contributed by atoms with Crippen molar-refractivity contribution >= 4 is 10.9 Å². The summed E-state index contributed by atoms with van der Waals surface area (Å²) in [6, 6.07) is 14.6. The van der Waals surface area contributed by atoms with Gasteiger partial charge in [0.2, 0.25) is 0 Å². The van der Waals surface area contributed by atoms with Crippen molar-refractivity contribution in [2.24, 2.45) is 0 Å². The second-order valence-corrected chi connectivity index (χ2v) is 6.04. The van der Waals surface area contributed by atoms with Crippen LogP contribution in [-0.4, -0.2) is 25.2 Å². The normalized spacial score (nSPS) is 16.8. The van der Waals surface area contributed by atoms with Gasteiger partial charge in [-0.25, -0.2) is 0 Å². The van der Waals surface area contributed by atoms with Gasteiger partial charge in [0, 0.05) is 28.7 Å². The molecule has 4 nitrogen and oxygen atoms in total. The average Bonchev–Trinajstić information content (AvgIpc) is 3.00. The summed E-state index contributed by atoms with van der Waals surface area (Å²) < 4.78 is 11.2. The molecule has 0 saturated heterocycles. The van der Waals surface area contributed by atoms with Gasteiger partial charge in [0.15, 0.2) is 0 Å². The number of aromatic nitrogens is 1. The molecule has 0 fully saturated rings. The Morgan fingerprint density at radius 3 is 2.88 bits per heavy atom. The lowest BCUT2D eigenvalue weighted by atomic mass is 9.94. The van der Waals surface area contributed by atoms with Crippen LogP contribution in [0.4, 0.5) is 0 Å². The van der Waals surface area contributed by atoms with Crippen LogP contribution in [0.15, 0.2) is 42.5 Å². The predicted octanol–water partition coefficient (Wildman–Crippen LogP) is 3.81. The zero-order valence-corrected chi connectivity index (χ0v) is 14.1. The second kappa shape index (κ2) is 6.21. The molecule has 1 aliphatic rings. The van der Waals surface area contributed by atoms with Crippen LogP contribution < -0.4 is 14.8 Å². The second-order valence-electron chi connectivity index (χ2n) is 6.04. The van der Waals surface area contributed by atoms with Gasteiger partial charge in [-0.3, -0.25) is 0 Å². The highest BCUT2D eigenvalue weighted by atomic mass is 16.5. The van der Waals surface area contributed by atoms with Crippen LogP contribution in [0.1, 0.15) is 29.8 Å².